The lowest BCUT2D eigenvalue weighted by molar-refractivity contribution is 0.0510. The minimum Gasteiger partial charge on any atom is -0.372 e. The van der Waals surface area contributed by atoms with E-state index in [1.54, 1.807) is 0 Å². The van der Waals surface area contributed by atoms with Crippen LogP contribution in [0.1, 0.15) is 24.5 Å². The van der Waals surface area contributed by atoms with E-state index >= 15 is 0 Å². The number of ether oxygens (including phenoxy) is 1. The Morgan fingerprint density at radius 1 is 1.33 bits per heavy atom. The fourth-order valence-electron chi connectivity index (χ4n) is 1.51. The van der Waals surface area contributed by atoms with Gasteiger partial charge in [0.25, 0.3) is 0 Å². The highest BCUT2D eigenvalue weighted by atomic mass is 35.5. The first kappa shape index (κ1) is 10.9. The monoisotopic (exact) mass is 225 g/mol. The van der Waals surface area contributed by atoms with E-state index in [2.05, 4.69) is 0 Å². The van der Waals surface area contributed by atoms with Crippen molar-refractivity contribution in [1.29, 1.82) is 0 Å². The summed E-state index contributed by atoms with van der Waals surface area (Å²) in [7, 11) is 0. The summed E-state index contributed by atoms with van der Waals surface area (Å²) in [6.45, 7) is 1.36. The molecule has 2 N–H and O–H groups in total. The van der Waals surface area contributed by atoms with Crippen molar-refractivity contribution in [3.8, 4) is 0 Å². The lowest BCUT2D eigenvalue weighted by atomic mass is 10.1. The molecule has 2 rings (SSSR count). The van der Waals surface area contributed by atoms with Crippen LogP contribution in [0, 0.1) is 5.92 Å². The third kappa shape index (κ3) is 3.20. The van der Waals surface area contributed by atoms with E-state index in [9.17, 15) is 0 Å². The molecule has 0 aromatic heterocycles. The van der Waals surface area contributed by atoms with Gasteiger partial charge in [-0.15, -0.1) is 0 Å². The van der Waals surface area contributed by atoms with Gasteiger partial charge in [-0.2, -0.15) is 0 Å². The van der Waals surface area contributed by atoms with E-state index in [1.807, 2.05) is 24.3 Å². The Balaban J connectivity index is 1.94. The molecular weight excluding hydrogens is 210 g/mol. The third-order valence-electron chi connectivity index (χ3n) is 2.69. The van der Waals surface area contributed by atoms with Gasteiger partial charge in [-0.25, -0.2) is 0 Å². The zero-order chi connectivity index (χ0) is 10.7. The van der Waals surface area contributed by atoms with Gasteiger partial charge in [0.2, 0.25) is 0 Å². The van der Waals surface area contributed by atoms with Crippen molar-refractivity contribution >= 4 is 11.6 Å². The maximum absolute atomic E-state index is 5.82. The van der Waals surface area contributed by atoms with Crippen LogP contribution in [0.3, 0.4) is 0 Å². The minimum atomic E-state index is 0.0165. The Morgan fingerprint density at radius 3 is 2.53 bits per heavy atom. The molecule has 0 radical (unpaired) electrons. The van der Waals surface area contributed by atoms with Crippen molar-refractivity contribution in [1.82, 2.24) is 0 Å². The standard InChI is InChI=1S/C12H16ClNO/c13-11-5-3-10(4-6-11)12(7-14)15-8-9-1-2-9/h3-6,9,12H,1-2,7-8,14H2/t12-/m0/s1. The Bertz CT molecular complexity index is 308. The van der Waals surface area contributed by atoms with Gasteiger partial charge >= 0.3 is 0 Å². The van der Waals surface area contributed by atoms with Crippen molar-refractivity contribution in [3.63, 3.8) is 0 Å². The van der Waals surface area contributed by atoms with Crippen LogP contribution < -0.4 is 5.73 Å². The van der Waals surface area contributed by atoms with Gasteiger partial charge in [-0.1, -0.05) is 23.7 Å². The van der Waals surface area contributed by atoms with Gasteiger partial charge in [-0.3, -0.25) is 0 Å². The van der Waals surface area contributed by atoms with E-state index in [1.165, 1.54) is 12.8 Å². The van der Waals surface area contributed by atoms with Gasteiger partial charge in [0, 0.05) is 11.6 Å². The molecule has 82 valence electrons. The van der Waals surface area contributed by atoms with Crippen LogP contribution >= 0.6 is 11.6 Å². The van der Waals surface area contributed by atoms with Crippen molar-refractivity contribution in [2.75, 3.05) is 13.2 Å². The van der Waals surface area contributed by atoms with Crippen LogP contribution in [0.5, 0.6) is 0 Å². The lowest BCUT2D eigenvalue weighted by Crippen LogP contribution is -2.16. The van der Waals surface area contributed by atoms with E-state index in [0.717, 1.165) is 23.1 Å². The molecule has 0 bridgehead atoms. The predicted octanol–water partition coefficient (Wildman–Crippen LogP) is 2.77. The minimum absolute atomic E-state index is 0.0165. The SMILES string of the molecule is NC[C@H](OCC1CC1)c1ccc(Cl)cc1. The number of nitrogens with two attached hydrogens (primary N) is 1. The van der Waals surface area contributed by atoms with Gasteiger partial charge in [0.1, 0.15) is 0 Å². The second-order valence-electron chi connectivity index (χ2n) is 4.05. The Morgan fingerprint density at radius 2 is 2.00 bits per heavy atom. The molecule has 0 unspecified atom stereocenters. The molecule has 0 aliphatic heterocycles. The molecule has 2 nitrogen and oxygen atoms in total. The fraction of sp³-hybridized carbons (Fsp3) is 0.500. The molecule has 1 aromatic carbocycles. The molecule has 1 aliphatic carbocycles. The molecule has 3 heteroatoms. The largest absolute Gasteiger partial charge is 0.372 e. The van der Waals surface area contributed by atoms with Crippen LogP contribution in [-0.2, 0) is 4.74 Å². The normalized spacial score (nSPS) is 17.7. The van der Waals surface area contributed by atoms with Gasteiger partial charge < -0.3 is 10.5 Å². The maximum atomic E-state index is 5.82. The Kier molecular flexibility index (Phi) is 3.62. The predicted molar refractivity (Wildman–Crippen MR) is 61.9 cm³/mol. The van der Waals surface area contributed by atoms with E-state index in [0.29, 0.717) is 6.54 Å². The smallest absolute Gasteiger partial charge is 0.0947 e. The third-order valence-corrected chi connectivity index (χ3v) is 2.94. The van der Waals surface area contributed by atoms with Crippen molar-refractivity contribution in [3.05, 3.63) is 34.9 Å². The Hall–Kier alpha value is -0.570. The van der Waals surface area contributed by atoms with E-state index in [-0.39, 0.29) is 6.10 Å². The van der Waals surface area contributed by atoms with Gasteiger partial charge in [0.15, 0.2) is 0 Å². The summed E-state index contributed by atoms with van der Waals surface area (Å²) < 4.78 is 5.77. The van der Waals surface area contributed by atoms with Crippen LogP contribution in [0.15, 0.2) is 24.3 Å². The van der Waals surface area contributed by atoms with Crippen molar-refractivity contribution < 1.29 is 4.74 Å². The molecule has 0 spiro atoms. The molecule has 0 amide bonds. The lowest BCUT2D eigenvalue weighted by Gasteiger charge is -2.16. The summed E-state index contributed by atoms with van der Waals surface area (Å²) in [5, 5.41) is 0.747. The molecule has 1 atom stereocenters. The van der Waals surface area contributed by atoms with E-state index < -0.39 is 0 Å². The average molecular weight is 226 g/mol. The van der Waals surface area contributed by atoms with E-state index in [4.69, 9.17) is 22.1 Å². The second kappa shape index (κ2) is 4.97. The Labute approximate surface area is 95.4 Å². The fourth-order valence-corrected chi connectivity index (χ4v) is 1.64. The molecular formula is C12H16ClNO. The summed E-state index contributed by atoms with van der Waals surface area (Å²) in [5.41, 5.74) is 6.80. The van der Waals surface area contributed by atoms with Crippen LogP contribution in [0.4, 0.5) is 0 Å². The zero-order valence-corrected chi connectivity index (χ0v) is 9.41. The topological polar surface area (TPSA) is 35.2 Å². The molecule has 0 saturated heterocycles. The molecule has 1 aromatic rings. The molecule has 1 saturated carbocycles. The molecule has 0 heterocycles. The first-order valence-electron chi connectivity index (χ1n) is 5.36. The molecule has 15 heavy (non-hydrogen) atoms. The number of benzene rings is 1. The summed E-state index contributed by atoms with van der Waals surface area (Å²) in [6.07, 6.45) is 2.62. The highest BCUT2D eigenvalue weighted by Gasteiger charge is 2.23. The first-order valence-corrected chi connectivity index (χ1v) is 5.74. The summed E-state index contributed by atoms with van der Waals surface area (Å²) in [6, 6.07) is 7.71. The maximum Gasteiger partial charge on any atom is 0.0947 e. The first-order chi connectivity index (χ1) is 7.29. The molecule has 1 aliphatic rings. The van der Waals surface area contributed by atoms with Gasteiger partial charge in [-0.05, 0) is 36.5 Å². The summed E-state index contributed by atoms with van der Waals surface area (Å²) >= 11 is 5.82. The number of hydrogen-bond acceptors (Lipinski definition) is 2. The van der Waals surface area contributed by atoms with Crippen molar-refractivity contribution in [2.45, 2.75) is 18.9 Å². The van der Waals surface area contributed by atoms with Crippen LogP contribution in [0.25, 0.3) is 0 Å². The van der Waals surface area contributed by atoms with Gasteiger partial charge in [0.05, 0.1) is 12.7 Å². The highest BCUT2D eigenvalue weighted by Crippen LogP contribution is 2.31. The van der Waals surface area contributed by atoms with Crippen LogP contribution in [0.2, 0.25) is 5.02 Å². The number of hydrogen-bond donors (Lipinski definition) is 1. The van der Waals surface area contributed by atoms with Crippen molar-refractivity contribution in [2.24, 2.45) is 11.7 Å². The second-order valence-corrected chi connectivity index (χ2v) is 4.49. The number of rotatable bonds is 5. The molecule has 1 fully saturated rings. The quantitative estimate of drug-likeness (QED) is 0.837. The highest BCUT2D eigenvalue weighted by molar-refractivity contribution is 6.30. The number of halogens is 1. The summed E-state index contributed by atoms with van der Waals surface area (Å²) in [5.74, 6) is 0.770. The van der Waals surface area contributed by atoms with Crippen LogP contribution in [-0.4, -0.2) is 13.2 Å². The zero-order valence-electron chi connectivity index (χ0n) is 8.66. The average Bonchev–Trinajstić information content (AvgIpc) is 3.05. The summed E-state index contributed by atoms with van der Waals surface area (Å²) in [4.78, 5) is 0.